The number of rotatable bonds is 3. The Hall–Kier alpha value is -2.70. The van der Waals surface area contributed by atoms with E-state index in [1.54, 1.807) is 30.3 Å². The third kappa shape index (κ3) is 3.47. The largest absolute Gasteiger partial charge is 0.496 e. The minimum absolute atomic E-state index is 0.0408. The Morgan fingerprint density at radius 3 is 2.50 bits per heavy atom. The summed E-state index contributed by atoms with van der Waals surface area (Å²) in [5.41, 5.74) is 2.09. The lowest BCUT2D eigenvalue weighted by Gasteiger charge is -2.29. The second kappa shape index (κ2) is 7.27. The second-order valence-electron chi connectivity index (χ2n) is 5.68. The summed E-state index contributed by atoms with van der Waals surface area (Å²) in [5, 5.41) is 3.06. The average molecular weight is 387 g/mol. The number of amides is 2. The van der Waals surface area contributed by atoms with Gasteiger partial charge in [0.15, 0.2) is 5.11 Å². The van der Waals surface area contributed by atoms with Crippen LogP contribution in [0.5, 0.6) is 5.75 Å². The molecule has 1 aliphatic rings. The van der Waals surface area contributed by atoms with Crippen molar-refractivity contribution in [1.29, 1.82) is 0 Å². The Labute approximate surface area is 161 Å². The molecule has 1 N–H and O–H groups in total. The average Bonchev–Trinajstić information content (AvgIpc) is 2.60. The number of nitrogens with zero attached hydrogens (tertiary/aromatic N) is 1. The highest BCUT2D eigenvalue weighted by Crippen LogP contribution is 2.27. The van der Waals surface area contributed by atoms with Crippen LogP contribution < -0.4 is 15.0 Å². The number of hydrogen-bond acceptors (Lipinski definition) is 4. The third-order valence-corrected chi connectivity index (χ3v) is 4.41. The fourth-order valence-corrected chi connectivity index (χ4v) is 3.02. The molecule has 2 amide bonds. The van der Waals surface area contributed by atoms with Crippen LogP contribution in [-0.4, -0.2) is 24.0 Å². The van der Waals surface area contributed by atoms with Crippen molar-refractivity contribution in [3.63, 3.8) is 0 Å². The van der Waals surface area contributed by atoms with Crippen molar-refractivity contribution >= 4 is 52.5 Å². The van der Waals surface area contributed by atoms with Crippen molar-refractivity contribution < 1.29 is 14.3 Å². The lowest BCUT2D eigenvalue weighted by Crippen LogP contribution is -2.54. The lowest BCUT2D eigenvalue weighted by molar-refractivity contribution is -0.122. The summed E-state index contributed by atoms with van der Waals surface area (Å²) in [6.07, 6.45) is 1.45. The van der Waals surface area contributed by atoms with E-state index in [1.807, 2.05) is 19.1 Å². The van der Waals surface area contributed by atoms with Gasteiger partial charge in [0.1, 0.15) is 11.3 Å². The van der Waals surface area contributed by atoms with E-state index in [9.17, 15) is 9.59 Å². The number of hydrogen-bond donors (Lipinski definition) is 1. The maximum absolute atomic E-state index is 13.0. The molecule has 132 valence electrons. The van der Waals surface area contributed by atoms with E-state index in [0.717, 1.165) is 5.56 Å². The highest BCUT2D eigenvalue weighted by atomic mass is 35.5. The Morgan fingerprint density at radius 2 is 1.85 bits per heavy atom. The molecular weight excluding hydrogens is 372 g/mol. The number of methoxy groups -OCH3 is 1. The van der Waals surface area contributed by atoms with Gasteiger partial charge in [-0.1, -0.05) is 29.3 Å². The van der Waals surface area contributed by atoms with Gasteiger partial charge in [-0.3, -0.25) is 19.8 Å². The summed E-state index contributed by atoms with van der Waals surface area (Å²) in [7, 11) is 1.50. The van der Waals surface area contributed by atoms with Crippen LogP contribution in [-0.2, 0) is 9.59 Å². The highest BCUT2D eigenvalue weighted by molar-refractivity contribution is 7.80. The zero-order chi connectivity index (χ0) is 18.8. The molecule has 3 rings (SSSR count). The number of benzene rings is 2. The van der Waals surface area contributed by atoms with Gasteiger partial charge >= 0.3 is 0 Å². The summed E-state index contributed by atoms with van der Waals surface area (Å²) in [6, 6.07) is 12.2. The molecule has 1 fully saturated rings. The molecule has 0 bridgehead atoms. The summed E-state index contributed by atoms with van der Waals surface area (Å²) < 4.78 is 5.27. The lowest BCUT2D eigenvalue weighted by atomic mass is 10.1. The number of nitrogens with one attached hydrogen (secondary N) is 1. The van der Waals surface area contributed by atoms with Crippen LogP contribution in [0.4, 0.5) is 5.69 Å². The monoisotopic (exact) mass is 386 g/mol. The molecule has 5 nitrogen and oxygen atoms in total. The maximum Gasteiger partial charge on any atom is 0.270 e. The molecule has 1 saturated heterocycles. The molecule has 0 spiro atoms. The van der Waals surface area contributed by atoms with Crippen LogP contribution in [0, 0.1) is 6.92 Å². The van der Waals surface area contributed by atoms with Crippen molar-refractivity contribution in [1.82, 2.24) is 5.32 Å². The summed E-state index contributed by atoms with van der Waals surface area (Å²) in [4.78, 5) is 26.6. The Balaban J connectivity index is 2.06. The number of anilines is 1. The zero-order valence-corrected chi connectivity index (χ0v) is 15.6. The van der Waals surface area contributed by atoms with Gasteiger partial charge in [-0.05, 0) is 55.5 Å². The Kier molecular flexibility index (Phi) is 5.06. The van der Waals surface area contributed by atoms with Crippen LogP contribution in [0.3, 0.4) is 0 Å². The molecule has 26 heavy (non-hydrogen) atoms. The van der Waals surface area contributed by atoms with E-state index in [0.29, 0.717) is 22.0 Å². The van der Waals surface area contributed by atoms with Crippen molar-refractivity contribution in [3.8, 4) is 5.75 Å². The van der Waals surface area contributed by atoms with Gasteiger partial charge in [0, 0.05) is 10.6 Å². The molecule has 0 aliphatic carbocycles. The van der Waals surface area contributed by atoms with Gasteiger partial charge in [0.05, 0.1) is 12.8 Å². The fraction of sp³-hybridized carbons (Fsp3) is 0.105. The number of ether oxygens (including phenoxy) is 1. The standard InChI is InChI=1S/C19H15ClN2O3S/c1-11-3-6-14(7-4-11)22-18(24)15(17(23)21-19(22)26)10-12-9-13(20)5-8-16(12)25-2/h3-10H,1-2H3,(H,21,23,26). The van der Waals surface area contributed by atoms with Crippen LogP contribution in [0.25, 0.3) is 6.08 Å². The molecule has 0 radical (unpaired) electrons. The molecule has 0 aromatic heterocycles. The van der Waals surface area contributed by atoms with Gasteiger partial charge < -0.3 is 4.74 Å². The molecule has 7 heteroatoms. The van der Waals surface area contributed by atoms with Gasteiger partial charge in [-0.15, -0.1) is 0 Å². The summed E-state index contributed by atoms with van der Waals surface area (Å²) in [5.74, 6) is -0.576. The number of thiocarbonyl (C=S) groups is 1. The van der Waals surface area contributed by atoms with E-state index in [1.165, 1.54) is 18.1 Å². The minimum atomic E-state index is -0.564. The van der Waals surface area contributed by atoms with E-state index in [4.69, 9.17) is 28.6 Å². The quantitative estimate of drug-likeness (QED) is 0.498. The summed E-state index contributed by atoms with van der Waals surface area (Å²) >= 11 is 11.2. The number of aryl methyl sites for hydroxylation is 1. The molecule has 1 aliphatic heterocycles. The first kappa shape index (κ1) is 18.1. The van der Waals surface area contributed by atoms with Crippen molar-refractivity contribution in [2.24, 2.45) is 0 Å². The first-order chi connectivity index (χ1) is 12.4. The first-order valence-corrected chi connectivity index (χ1v) is 8.51. The zero-order valence-electron chi connectivity index (χ0n) is 14.1. The second-order valence-corrected chi connectivity index (χ2v) is 6.50. The van der Waals surface area contributed by atoms with Gasteiger partial charge in [0.2, 0.25) is 0 Å². The van der Waals surface area contributed by atoms with Crippen molar-refractivity contribution in [2.75, 3.05) is 12.0 Å². The molecule has 1 heterocycles. The number of carbonyl (C=O) groups is 2. The summed E-state index contributed by atoms with van der Waals surface area (Å²) in [6.45, 7) is 1.94. The minimum Gasteiger partial charge on any atom is -0.496 e. The van der Waals surface area contributed by atoms with Crippen LogP contribution >= 0.6 is 23.8 Å². The van der Waals surface area contributed by atoms with Crippen LogP contribution in [0.1, 0.15) is 11.1 Å². The Bertz CT molecular complexity index is 938. The first-order valence-electron chi connectivity index (χ1n) is 7.72. The van der Waals surface area contributed by atoms with E-state index >= 15 is 0 Å². The van der Waals surface area contributed by atoms with Crippen LogP contribution in [0.2, 0.25) is 5.02 Å². The smallest absolute Gasteiger partial charge is 0.270 e. The van der Waals surface area contributed by atoms with E-state index in [-0.39, 0.29) is 10.7 Å². The van der Waals surface area contributed by atoms with E-state index < -0.39 is 11.8 Å². The number of carbonyl (C=O) groups excluding carboxylic acids is 2. The molecule has 0 atom stereocenters. The van der Waals surface area contributed by atoms with Gasteiger partial charge in [-0.2, -0.15) is 0 Å². The maximum atomic E-state index is 13.0. The SMILES string of the molecule is COc1ccc(Cl)cc1C=C1C(=O)NC(=S)N(c2ccc(C)cc2)C1=O. The predicted octanol–water partition coefficient (Wildman–Crippen LogP) is 3.49. The van der Waals surface area contributed by atoms with Crippen LogP contribution in [0.15, 0.2) is 48.0 Å². The highest BCUT2D eigenvalue weighted by Gasteiger charge is 2.34. The van der Waals surface area contributed by atoms with Crippen molar-refractivity contribution in [2.45, 2.75) is 6.92 Å². The van der Waals surface area contributed by atoms with Gasteiger partial charge in [-0.25, -0.2) is 0 Å². The molecule has 0 unspecified atom stereocenters. The molecule has 2 aromatic carbocycles. The van der Waals surface area contributed by atoms with Crippen molar-refractivity contribution in [3.05, 3.63) is 64.2 Å². The number of halogens is 1. The molecular formula is C19H15ClN2O3S. The molecule has 0 saturated carbocycles. The topological polar surface area (TPSA) is 58.6 Å². The predicted molar refractivity (Wildman–Crippen MR) is 105 cm³/mol. The molecule has 2 aromatic rings. The normalized spacial score (nSPS) is 16.0. The van der Waals surface area contributed by atoms with Gasteiger partial charge in [0.25, 0.3) is 11.8 Å². The fourth-order valence-electron chi connectivity index (χ4n) is 2.56. The van der Waals surface area contributed by atoms with E-state index in [2.05, 4.69) is 5.32 Å². The Morgan fingerprint density at radius 1 is 1.15 bits per heavy atom. The third-order valence-electron chi connectivity index (χ3n) is 3.89.